The molecule has 1 heterocycles. The second-order valence-electron chi connectivity index (χ2n) is 3.48. The number of carbonyl (C=O) groups excluding carboxylic acids is 2. The van der Waals surface area contributed by atoms with Crippen molar-refractivity contribution in [3.05, 3.63) is 30.3 Å². The van der Waals surface area contributed by atoms with E-state index in [1.165, 1.54) is 0 Å². The highest BCUT2D eigenvalue weighted by molar-refractivity contribution is 8.15. The van der Waals surface area contributed by atoms with Crippen LogP contribution >= 0.6 is 11.8 Å². The Bertz CT molecular complexity index is 474. The summed E-state index contributed by atoms with van der Waals surface area (Å²) in [6.07, 6.45) is -0.335. The number of aliphatic carboxylic acids is 1. The fraction of sp³-hybridized carbons (Fsp3) is 0.182. The standard InChI is InChI=1S/C11H9NO4S/c13-9(14)6-8-10(15)12(11(16)17-8)7-4-2-1-3-5-7/h1-5,8H,6H2,(H,13,14)/t8-/m1/s1. The lowest BCUT2D eigenvalue weighted by Crippen LogP contribution is -2.32. The molecule has 1 aromatic rings. The van der Waals surface area contributed by atoms with Gasteiger partial charge in [-0.25, -0.2) is 4.90 Å². The van der Waals surface area contributed by atoms with E-state index in [0.717, 1.165) is 16.7 Å². The van der Waals surface area contributed by atoms with Crippen molar-refractivity contribution in [3.8, 4) is 0 Å². The molecule has 0 saturated carbocycles. The van der Waals surface area contributed by atoms with Gasteiger partial charge in [-0.15, -0.1) is 0 Å². The SMILES string of the molecule is O=C(O)C[C@H]1SC(=O)N(c2ccccc2)C1=O. The van der Waals surface area contributed by atoms with E-state index in [1.54, 1.807) is 30.3 Å². The molecule has 2 rings (SSSR count). The van der Waals surface area contributed by atoms with Crippen LogP contribution in [0, 0.1) is 0 Å². The highest BCUT2D eigenvalue weighted by atomic mass is 32.2. The van der Waals surface area contributed by atoms with Gasteiger partial charge in [-0.05, 0) is 23.9 Å². The van der Waals surface area contributed by atoms with Gasteiger partial charge in [0.15, 0.2) is 0 Å². The first kappa shape index (κ1) is 11.7. The molecule has 1 aromatic carbocycles. The predicted octanol–water partition coefficient (Wildman–Crippen LogP) is 1.73. The molecule has 0 spiro atoms. The summed E-state index contributed by atoms with van der Waals surface area (Å²) >= 11 is 0.762. The Kier molecular flexibility index (Phi) is 3.14. The van der Waals surface area contributed by atoms with Gasteiger partial charge in [0.25, 0.3) is 5.24 Å². The molecule has 1 aliphatic rings. The van der Waals surface area contributed by atoms with Gasteiger partial charge in [-0.1, -0.05) is 18.2 Å². The summed E-state index contributed by atoms with van der Waals surface area (Å²) in [5, 5.41) is 7.40. The van der Waals surface area contributed by atoms with E-state index in [2.05, 4.69) is 0 Å². The van der Waals surface area contributed by atoms with Crippen molar-refractivity contribution in [2.24, 2.45) is 0 Å². The molecule has 1 aliphatic heterocycles. The average molecular weight is 251 g/mol. The number of rotatable bonds is 3. The third-order valence-corrected chi connectivity index (χ3v) is 3.33. The molecule has 2 amide bonds. The number of carboxylic acid groups (broad SMARTS) is 1. The highest BCUT2D eigenvalue weighted by Gasteiger charge is 2.41. The molecule has 1 atom stereocenters. The number of thioether (sulfide) groups is 1. The summed E-state index contributed by atoms with van der Waals surface area (Å²) < 4.78 is 0. The maximum atomic E-state index is 11.9. The molecule has 88 valence electrons. The number of imide groups is 1. The van der Waals surface area contributed by atoms with Gasteiger partial charge in [0.1, 0.15) is 5.25 Å². The van der Waals surface area contributed by atoms with Crippen molar-refractivity contribution in [2.45, 2.75) is 11.7 Å². The molecule has 5 nitrogen and oxygen atoms in total. The molecule has 6 heteroatoms. The minimum absolute atomic E-state index is 0.335. The van der Waals surface area contributed by atoms with Crippen LogP contribution in [0.15, 0.2) is 30.3 Å². The first-order chi connectivity index (χ1) is 8.09. The summed E-state index contributed by atoms with van der Waals surface area (Å²) in [5.74, 6) is -1.55. The smallest absolute Gasteiger partial charge is 0.305 e. The Hall–Kier alpha value is -1.82. The first-order valence-corrected chi connectivity index (χ1v) is 5.79. The Balaban J connectivity index is 2.23. The monoisotopic (exact) mass is 251 g/mol. The highest BCUT2D eigenvalue weighted by Crippen LogP contribution is 2.33. The molecule has 0 unspecified atom stereocenters. The van der Waals surface area contributed by atoms with Crippen molar-refractivity contribution in [3.63, 3.8) is 0 Å². The molecule has 17 heavy (non-hydrogen) atoms. The van der Waals surface area contributed by atoms with Crippen molar-refractivity contribution < 1.29 is 19.5 Å². The molecule has 0 radical (unpaired) electrons. The van der Waals surface area contributed by atoms with Gasteiger partial charge in [0, 0.05) is 0 Å². The van der Waals surface area contributed by atoms with Gasteiger partial charge in [-0.3, -0.25) is 14.4 Å². The van der Waals surface area contributed by atoms with E-state index >= 15 is 0 Å². The van der Waals surface area contributed by atoms with Crippen molar-refractivity contribution in [1.29, 1.82) is 0 Å². The van der Waals surface area contributed by atoms with Crippen LogP contribution in [-0.4, -0.2) is 27.5 Å². The lowest BCUT2D eigenvalue weighted by molar-refractivity contribution is -0.138. The fourth-order valence-electron chi connectivity index (χ4n) is 1.56. The van der Waals surface area contributed by atoms with E-state index < -0.39 is 22.4 Å². The molecular weight excluding hydrogens is 242 g/mol. The molecule has 0 bridgehead atoms. The van der Waals surface area contributed by atoms with Gasteiger partial charge in [-0.2, -0.15) is 0 Å². The van der Waals surface area contributed by atoms with Crippen molar-refractivity contribution >= 4 is 34.6 Å². The molecule has 0 aliphatic carbocycles. The van der Waals surface area contributed by atoms with Gasteiger partial charge >= 0.3 is 5.97 Å². The van der Waals surface area contributed by atoms with Gasteiger partial charge in [0.2, 0.25) is 5.91 Å². The number of hydrogen-bond acceptors (Lipinski definition) is 4. The second-order valence-corrected chi connectivity index (χ2v) is 4.63. The lowest BCUT2D eigenvalue weighted by Gasteiger charge is -2.12. The topological polar surface area (TPSA) is 74.7 Å². The van der Waals surface area contributed by atoms with Crippen LogP contribution in [0.5, 0.6) is 0 Å². The molecule has 1 fully saturated rings. The zero-order valence-electron chi connectivity index (χ0n) is 8.70. The maximum absolute atomic E-state index is 11.9. The summed E-state index contributed by atoms with van der Waals surface area (Å²) in [6, 6.07) is 8.48. The third kappa shape index (κ3) is 2.31. The van der Waals surface area contributed by atoms with Crippen LogP contribution in [0.2, 0.25) is 0 Å². The zero-order valence-corrected chi connectivity index (χ0v) is 9.52. The van der Waals surface area contributed by atoms with Crippen molar-refractivity contribution in [1.82, 2.24) is 0 Å². The number of para-hydroxylation sites is 1. The van der Waals surface area contributed by atoms with Crippen molar-refractivity contribution in [2.75, 3.05) is 4.90 Å². The number of amides is 2. The van der Waals surface area contributed by atoms with Crippen LogP contribution in [-0.2, 0) is 9.59 Å². The van der Waals surface area contributed by atoms with E-state index in [-0.39, 0.29) is 6.42 Å². The number of carbonyl (C=O) groups is 3. The summed E-state index contributed by atoms with van der Waals surface area (Å²) in [7, 11) is 0. The van der Waals surface area contributed by atoms with Crippen LogP contribution in [0.4, 0.5) is 10.5 Å². The average Bonchev–Trinajstić information content (AvgIpc) is 2.54. The van der Waals surface area contributed by atoms with Gasteiger partial charge < -0.3 is 5.11 Å². The van der Waals surface area contributed by atoms with E-state index in [9.17, 15) is 14.4 Å². The molecule has 1 N–H and O–H groups in total. The zero-order chi connectivity index (χ0) is 12.4. The Morgan fingerprint density at radius 3 is 2.53 bits per heavy atom. The lowest BCUT2D eigenvalue weighted by atomic mass is 10.2. The van der Waals surface area contributed by atoms with E-state index in [0.29, 0.717) is 5.69 Å². The Morgan fingerprint density at radius 1 is 1.29 bits per heavy atom. The second kappa shape index (κ2) is 4.58. The Labute approximate surface area is 101 Å². The minimum Gasteiger partial charge on any atom is -0.481 e. The quantitative estimate of drug-likeness (QED) is 0.885. The first-order valence-electron chi connectivity index (χ1n) is 4.91. The Morgan fingerprint density at radius 2 is 1.94 bits per heavy atom. The predicted molar refractivity (Wildman–Crippen MR) is 63.0 cm³/mol. The summed E-state index contributed by atoms with van der Waals surface area (Å²) in [6.45, 7) is 0. The molecule has 1 saturated heterocycles. The number of carboxylic acids is 1. The minimum atomic E-state index is -1.08. The van der Waals surface area contributed by atoms with E-state index in [4.69, 9.17) is 5.11 Å². The molecule has 0 aromatic heterocycles. The van der Waals surface area contributed by atoms with Crippen LogP contribution < -0.4 is 4.90 Å². The van der Waals surface area contributed by atoms with Crippen LogP contribution in [0.1, 0.15) is 6.42 Å². The number of benzene rings is 1. The normalized spacial score (nSPS) is 19.8. The summed E-state index contributed by atoms with van der Waals surface area (Å²) in [5.41, 5.74) is 0.475. The maximum Gasteiger partial charge on any atom is 0.305 e. The number of nitrogens with zero attached hydrogens (tertiary/aromatic N) is 1. The van der Waals surface area contributed by atoms with Crippen LogP contribution in [0.25, 0.3) is 0 Å². The van der Waals surface area contributed by atoms with Gasteiger partial charge in [0.05, 0.1) is 12.1 Å². The van der Waals surface area contributed by atoms with Crippen LogP contribution in [0.3, 0.4) is 0 Å². The number of hydrogen-bond donors (Lipinski definition) is 1. The summed E-state index contributed by atoms with van der Waals surface area (Å²) in [4.78, 5) is 35.1. The number of anilines is 1. The van der Waals surface area contributed by atoms with E-state index in [1.807, 2.05) is 0 Å². The largest absolute Gasteiger partial charge is 0.481 e. The third-order valence-electron chi connectivity index (χ3n) is 2.30. The fourth-order valence-corrected chi connectivity index (χ4v) is 2.53. The molecular formula is C11H9NO4S.